The summed E-state index contributed by atoms with van der Waals surface area (Å²) >= 11 is 0. The largest absolute Gasteiger partial charge is 0.353 e. The molecule has 0 heterocycles. The van der Waals surface area contributed by atoms with E-state index in [4.69, 9.17) is 5.73 Å². The molecule has 2 saturated carbocycles. The minimum atomic E-state index is 0. The number of hydrogen-bond donors (Lipinski definition) is 2. The van der Waals surface area contributed by atoms with E-state index in [1.54, 1.807) is 0 Å². The Morgan fingerprint density at radius 1 is 1.14 bits per heavy atom. The van der Waals surface area contributed by atoms with Crippen LogP contribution in [0.15, 0.2) is 0 Å². The van der Waals surface area contributed by atoms with Crippen molar-refractivity contribution < 1.29 is 4.79 Å². The molecule has 3 nitrogen and oxygen atoms in total. The zero-order valence-electron chi connectivity index (χ0n) is 13.5. The SMILES string of the molecule is CCCC(CC1CCCC1)C(=O)NC1CCC(N)CC1.Cl. The maximum absolute atomic E-state index is 12.5. The summed E-state index contributed by atoms with van der Waals surface area (Å²) in [5.74, 6) is 1.37. The van der Waals surface area contributed by atoms with E-state index >= 15 is 0 Å². The molecular weight excluding hydrogens is 284 g/mol. The van der Waals surface area contributed by atoms with Gasteiger partial charge in [0, 0.05) is 18.0 Å². The first-order chi connectivity index (χ1) is 9.69. The zero-order chi connectivity index (χ0) is 14.4. The fraction of sp³-hybridized carbons (Fsp3) is 0.941. The monoisotopic (exact) mass is 316 g/mol. The third-order valence-corrected chi connectivity index (χ3v) is 5.22. The Kier molecular flexibility index (Phi) is 8.65. The summed E-state index contributed by atoms with van der Waals surface area (Å²) in [7, 11) is 0. The van der Waals surface area contributed by atoms with E-state index in [9.17, 15) is 4.79 Å². The van der Waals surface area contributed by atoms with Crippen LogP contribution in [0.1, 0.15) is 77.6 Å². The number of nitrogens with one attached hydrogen (secondary N) is 1. The molecule has 0 aromatic carbocycles. The Labute approximate surface area is 136 Å². The standard InChI is InChI=1S/C17H32N2O.ClH/c1-2-5-14(12-13-6-3-4-7-13)17(20)19-16-10-8-15(18)9-11-16;/h13-16H,2-12,18H2,1H3,(H,19,20);1H. The predicted octanol–water partition coefficient (Wildman–Crippen LogP) is 3.79. The Balaban J connectivity index is 0.00000220. The number of carbonyl (C=O) groups is 1. The molecule has 0 saturated heterocycles. The van der Waals surface area contributed by atoms with Crippen molar-refractivity contribution in [3.8, 4) is 0 Å². The second-order valence-corrected chi connectivity index (χ2v) is 6.99. The molecule has 0 bridgehead atoms. The van der Waals surface area contributed by atoms with Crippen molar-refractivity contribution in [2.75, 3.05) is 0 Å². The van der Waals surface area contributed by atoms with Crippen LogP contribution in [0, 0.1) is 11.8 Å². The van der Waals surface area contributed by atoms with Gasteiger partial charge in [0.2, 0.25) is 5.91 Å². The van der Waals surface area contributed by atoms with Crippen LogP contribution in [0.2, 0.25) is 0 Å². The summed E-state index contributed by atoms with van der Waals surface area (Å²) in [5.41, 5.74) is 5.93. The van der Waals surface area contributed by atoms with Gasteiger partial charge < -0.3 is 11.1 Å². The van der Waals surface area contributed by atoms with Crippen LogP contribution in [-0.4, -0.2) is 18.0 Å². The van der Waals surface area contributed by atoms with Gasteiger partial charge >= 0.3 is 0 Å². The van der Waals surface area contributed by atoms with Crippen LogP contribution >= 0.6 is 12.4 Å². The van der Waals surface area contributed by atoms with Crippen molar-refractivity contribution >= 4 is 18.3 Å². The minimum Gasteiger partial charge on any atom is -0.353 e. The summed E-state index contributed by atoms with van der Waals surface area (Å²) in [4.78, 5) is 12.5. The number of amides is 1. The second kappa shape index (κ2) is 9.68. The Morgan fingerprint density at radius 3 is 2.33 bits per heavy atom. The molecule has 2 fully saturated rings. The van der Waals surface area contributed by atoms with Gasteiger partial charge in [-0.1, -0.05) is 39.0 Å². The zero-order valence-corrected chi connectivity index (χ0v) is 14.3. The molecule has 2 aliphatic carbocycles. The molecule has 1 amide bonds. The summed E-state index contributed by atoms with van der Waals surface area (Å²) in [5, 5.41) is 3.30. The summed E-state index contributed by atoms with van der Waals surface area (Å²) in [6, 6.07) is 0.735. The van der Waals surface area contributed by atoms with Gasteiger partial charge in [-0.05, 0) is 44.4 Å². The van der Waals surface area contributed by atoms with Gasteiger partial charge in [-0.15, -0.1) is 12.4 Å². The van der Waals surface area contributed by atoms with Gasteiger partial charge in [-0.25, -0.2) is 0 Å². The number of hydrogen-bond acceptors (Lipinski definition) is 2. The van der Waals surface area contributed by atoms with Crippen molar-refractivity contribution in [1.82, 2.24) is 5.32 Å². The van der Waals surface area contributed by atoms with Crippen LogP contribution in [0.25, 0.3) is 0 Å². The predicted molar refractivity (Wildman–Crippen MR) is 90.6 cm³/mol. The molecule has 21 heavy (non-hydrogen) atoms. The molecule has 1 unspecified atom stereocenters. The normalized spacial score (nSPS) is 27.9. The second-order valence-electron chi connectivity index (χ2n) is 6.99. The van der Waals surface area contributed by atoms with E-state index in [-0.39, 0.29) is 18.3 Å². The molecule has 124 valence electrons. The van der Waals surface area contributed by atoms with Gasteiger partial charge in [-0.3, -0.25) is 4.79 Å². The first-order valence-electron chi connectivity index (χ1n) is 8.75. The highest BCUT2D eigenvalue weighted by molar-refractivity contribution is 5.85. The highest BCUT2D eigenvalue weighted by Crippen LogP contribution is 2.32. The summed E-state index contributed by atoms with van der Waals surface area (Å²) in [6.45, 7) is 2.19. The van der Waals surface area contributed by atoms with Crippen molar-refractivity contribution in [1.29, 1.82) is 0 Å². The van der Waals surface area contributed by atoms with Gasteiger partial charge in [-0.2, -0.15) is 0 Å². The first kappa shape index (κ1) is 18.8. The average molecular weight is 317 g/mol. The van der Waals surface area contributed by atoms with Crippen LogP contribution in [0.5, 0.6) is 0 Å². The molecule has 0 aromatic heterocycles. The number of rotatable bonds is 6. The molecule has 2 rings (SSSR count). The lowest BCUT2D eigenvalue weighted by atomic mass is 9.88. The quantitative estimate of drug-likeness (QED) is 0.783. The van der Waals surface area contributed by atoms with Gasteiger partial charge in [0.25, 0.3) is 0 Å². The van der Waals surface area contributed by atoms with Crippen molar-refractivity contribution in [2.24, 2.45) is 17.6 Å². The van der Waals surface area contributed by atoms with E-state index in [1.165, 1.54) is 25.7 Å². The van der Waals surface area contributed by atoms with E-state index in [0.29, 0.717) is 18.0 Å². The van der Waals surface area contributed by atoms with E-state index in [2.05, 4.69) is 12.2 Å². The Morgan fingerprint density at radius 2 is 1.76 bits per heavy atom. The molecule has 4 heteroatoms. The topological polar surface area (TPSA) is 55.1 Å². The molecule has 1 atom stereocenters. The van der Waals surface area contributed by atoms with Crippen LogP contribution in [0.4, 0.5) is 0 Å². The average Bonchev–Trinajstić information content (AvgIpc) is 2.94. The minimum absolute atomic E-state index is 0. The van der Waals surface area contributed by atoms with Crippen molar-refractivity contribution in [3.05, 3.63) is 0 Å². The smallest absolute Gasteiger partial charge is 0.223 e. The van der Waals surface area contributed by atoms with Gasteiger partial charge in [0.1, 0.15) is 0 Å². The van der Waals surface area contributed by atoms with Gasteiger partial charge in [0.15, 0.2) is 0 Å². The maximum Gasteiger partial charge on any atom is 0.223 e. The van der Waals surface area contributed by atoms with E-state index < -0.39 is 0 Å². The third kappa shape index (κ3) is 6.15. The molecule has 3 N–H and O–H groups in total. The molecule has 0 radical (unpaired) electrons. The molecule has 0 spiro atoms. The highest BCUT2D eigenvalue weighted by atomic mass is 35.5. The maximum atomic E-state index is 12.5. The Bertz CT molecular complexity index is 297. The lowest BCUT2D eigenvalue weighted by Crippen LogP contribution is -2.43. The molecule has 0 aliphatic heterocycles. The van der Waals surface area contributed by atoms with E-state index in [1.807, 2.05) is 0 Å². The number of nitrogens with two attached hydrogens (primary N) is 1. The lowest BCUT2D eigenvalue weighted by Gasteiger charge is -2.29. The summed E-state index contributed by atoms with van der Waals surface area (Å²) in [6.07, 6.45) is 12.9. The highest BCUT2D eigenvalue weighted by Gasteiger charge is 2.27. The van der Waals surface area contributed by atoms with Gasteiger partial charge in [0.05, 0.1) is 0 Å². The molecular formula is C17H33ClN2O. The third-order valence-electron chi connectivity index (χ3n) is 5.22. The number of halogens is 1. The summed E-state index contributed by atoms with van der Waals surface area (Å²) < 4.78 is 0. The van der Waals surface area contributed by atoms with E-state index in [0.717, 1.165) is 50.9 Å². The number of carbonyl (C=O) groups excluding carboxylic acids is 1. The fourth-order valence-corrected chi connectivity index (χ4v) is 3.94. The molecule has 2 aliphatic rings. The fourth-order valence-electron chi connectivity index (χ4n) is 3.94. The lowest BCUT2D eigenvalue weighted by molar-refractivity contribution is -0.126. The van der Waals surface area contributed by atoms with Crippen LogP contribution in [-0.2, 0) is 4.79 Å². The Hall–Kier alpha value is -0.280. The molecule has 0 aromatic rings. The van der Waals surface area contributed by atoms with Crippen LogP contribution in [0.3, 0.4) is 0 Å². The van der Waals surface area contributed by atoms with Crippen molar-refractivity contribution in [2.45, 2.75) is 89.6 Å². The van der Waals surface area contributed by atoms with Crippen molar-refractivity contribution in [3.63, 3.8) is 0 Å². The van der Waals surface area contributed by atoms with Crippen LogP contribution < -0.4 is 11.1 Å². The first-order valence-corrected chi connectivity index (χ1v) is 8.75.